The quantitative estimate of drug-likeness (QED) is 0.142. The van der Waals surface area contributed by atoms with Gasteiger partial charge in [0.05, 0.1) is 6.61 Å². The van der Waals surface area contributed by atoms with Gasteiger partial charge in [0.2, 0.25) is 0 Å². The Balaban J connectivity index is 1.45. The third-order valence-corrected chi connectivity index (χ3v) is 17.6. The van der Waals surface area contributed by atoms with Crippen LogP contribution in [0.15, 0.2) is 127 Å². The van der Waals surface area contributed by atoms with Gasteiger partial charge < -0.3 is 0 Å². The number of halogens is 3. The number of hydrogen-bond acceptors (Lipinski definition) is 1. The summed E-state index contributed by atoms with van der Waals surface area (Å²) in [4.78, 5) is 0. The summed E-state index contributed by atoms with van der Waals surface area (Å²) >= 11 is 4.51. The molecule has 0 bridgehead atoms. The van der Waals surface area contributed by atoms with Crippen molar-refractivity contribution >= 4 is 36.7 Å². The van der Waals surface area contributed by atoms with Crippen LogP contribution in [-0.4, -0.2) is 12.8 Å². The second-order valence-electron chi connectivity index (χ2n) is 9.89. The van der Waals surface area contributed by atoms with Gasteiger partial charge in [-0.25, -0.2) is 0 Å². The van der Waals surface area contributed by atoms with Crippen molar-refractivity contribution in [3.63, 3.8) is 0 Å². The summed E-state index contributed by atoms with van der Waals surface area (Å²) in [5.74, 6) is -1.90. The van der Waals surface area contributed by atoms with E-state index in [0.717, 1.165) is 24.6 Å². The Morgan fingerprint density at radius 1 is 0.625 bits per heavy atom. The molecular weight excluding hydrogens is 585 g/mol. The molecule has 40 heavy (non-hydrogen) atoms. The zero-order chi connectivity index (χ0) is 28.0. The van der Waals surface area contributed by atoms with E-state index in [1.165, 1.54) is 22.0 Å². The molecule has 0 radical (unpaired) electrons. The fourth-order valence-electron chi connectivity index (χ4n) is 5.50. The molecule has 1 nitrogen and oxygen atoms in total. The Morgan fingerprint density at radius 2 is 1.12 bits per heavy atom. The van der Waals surface area contributed by atoms with Crippen LogP contribution in [0, 0.1) is 11.6 Å². The van der Waals surface area contributed by atoms with Gasteiger partial charge in [0.25, 0.3) is 0 Å². The molecule has 5 heteroatoms. The fourth-order valence-corrected chi connectivity index (χ4v) is 13.2. The van der Waals surface area contributed by atoms with Crippen molar-refractivity contribution in [3.8, 4) is 16.9 Å². The van der Waals surface area contributed by atoms with Crippen LogP contribution >= 0.6 is 20.8 Å². The number of aryl methyl sites for hydroxylation is 1. The SMILES string of the molecule is CCOc1ccc(-c2ccc(CCCP(Br)(c3ccccc3)(c3ccccc3)c3ccccc3)cc2)c(F)c1F. The van der Waals surface area contributed by atoms with E-state index in [9.17, 15) is 8.78 Å². The van der Waals surface area contributed by atoms with Crippen molar-refractivity contribution < 1.29 is 13.5 Å². The van der Waals surface area contributed by atoms with Crippen LogP contribution in [0.3, 0.4) is 0 Å². The normalized spacial score (nSPS) is 12.4. The van der Waals surface area contributed by atoms with Gasteiger partial charge in [-0.2, -0.15) is 0 Å². The van der Waals surface area contributed by atoms with E-state index in [4.69, 9.17) is 4.74 Å². The molecule has 0 amide bonds. The Kier molecular flexibility index (Phi) is 8.49. The summed E-state index contributed by atoms with van der Waals surface area (Å²) in [5, 5.41) is 0.925. The van der Waals surface area contributed by atoms with Gasteiger partial charge in [0, 0.05) is 0 Å². The van der Waals surface area contributed by atoms with Gasteiger partial charge in [-0.1, -0.05) is 0 Å². The van der Waals surface area contributed by atoms with Crippen LogP contribution in [0.1, 0.15) is 18.9 Å². The topological polar surface area (TPSA) is 9.23 Å². The van der Waals surface area contributed by atoms with E-state index in [1.807, 2.05) is 24.3 Å². The maximum atomic E-state index is 14.8. The van der Waals surface area contributed by atoms with E-state index in [-0.39, 0.29) is 17.9 Å². The molecule has 0 saturated carbocycles. The van der Waals surface area contributed by atoms with Crippen LogP contribution in [0.2, 0.25) is 0 Å². The molecule has 0 fully saturated rings. The monoisotopic (exact) mass is 616 g/mol. The summed E-state index contributed by atoms with van der Waals surface area (Å²) < 4.78 is 34.4. The van der Waals surface area contributed by atoms with Gasteiger partial charge in [0.15, 0.2) is 0 Å². The van der Waals surface area contributed by atoms with Crippen LogP contribution in [0.5, 0.6) is 5.75 Å². The second kappa shape index (κ2) is 12.0. The molecule has 0 heterocycles. The predicted octanol–water partition coefficient (Wildman–Crippen LogP) is 8.80. The second-order valence-corrected chi connectivity index (χ2v) is 18.9. The number of hydrogen-bond donors (Lipinski definition) is 0. The van der Waals surface area contributed by atoms with Crippen LogP contribution in [0.25, 0.3) is 11.1 Å². The van der Waals surface area contributed by atoms with Crippen LogP contribution in [-0.2, 0) is 6.42 Å². The Bertz CT molecular complexity index is 1460. The number of benzene rings is 5. The molecule has 0 aliphatic rings. The molecule has 204 valence electrons. The Hall–Kier alpha value is -3.33. The molecule has 0 aromatic heterocycles. The third-order valence-electron chi connectivity index (χ3n) is 7.54. The van der Waals surface area contributed by atoms with Crippen LogP contribution in [0.4, 0.5) is 8.78 Å². The maximum absolute atomic E-state index is 14.8. The average molecular weight is 618 g/mol. The Labute approximate surface area is 243 Å². The zero-order valence-corrected chi connectivity index (χ0v) is 24.9. The summed E-state index contributed by atoms with van der Waals surface area (Å²) in [5.41, 5.74) is 2.03. The van der Waals surface area contributed by atoms with Gasteiger partial charge in [-0.15, -0.1) is 0 Å². The predicted molar refractivity (Wildman–Crippen MR) is 170 cm³/mol. The molecule has 0 saturated heterocycles. The van der Waals surface area contributed by atoms with Crippen molar-refractivity contribution in [1.29, 1.82) is 0 Å². The average Bonchev–Trinajstić information content (AvgIpc) is 3.01. The van der Waals surface area contributed by atoms with Crippen molar-refractivity contribution in [2.75, 3.05) is 12.8 Å². The molecule has 0 spiro atoms. The molecule has 0 N–H and O–H groups in total. The first-order valence-electron chi connectivity index (χ1n) is 13.6. The summed E-state index contributed by atoms with van der Waals surface area (Å²) in [6.45, 7) is 2.02. The molecule has 0 unspecified atom stereocenters. The molecule has 5 rings (SSSR count). The number of ether oxygens (including phenoxy) is 1. The van der Waals surface area contributed by atoms with E-state index in [0.29, 0.717) is 5.56 Å². The minimum absolute atomic E-state index is 0.0632. The van der Waals surface area contributed by atoms with Crippen molar-refractivity contribution in [1.82, 2.24) is 0 Å². The van der Waals surface area contributed by atoms with Crippen molar-refractivity contribution in [2.24, 2.45) is 0 Å². The first-order valence-corrected chi connectivity index (χ1v) is 18.0. The molecular formula is C35H32BrF2OP. The van der Waals surface area contributed by atoms with E-state index >= 15 is 0 Å². The fraction of sp³-hybridized carbons (Fsp3) is 0.143. The summed E-state index contributed by atoms with van der Waals surface area (Å²) in [6, 6.07) is 43.2. The first kappa shape index (κ1) is 28.2. The van der Waals surface area contributed by atoms with E-state index < -0.39 is 16.9 Å². The van der Waals surface area contributed by atoms with Crippen molar-refractivity contribution in [2.45, 2.75) is 19.8 Å². The minimum atomic E-state index is -2.98. The van der Waals surface area contributed by atoms with Gasteiger partial charge in [0.1, 0.15) is 0 Å². The van der Waals surface area contributed by atoms with E-state index in [2.05, 4.69) is 106 Å². The van der Waals surface area contributed by atoms with Crippen LogP contribution < -0.4 is 20.7 Å². The van der Waals surface area contributed by atoms with Gasteiger partial charge >= 0.3 is 231 Å². The molecule has 5 aromatic carbocycles. The molecule has 0 atom stereocenters. The molecule has 0 aliphatic carbocycles. The van der Waals surface area contributed by atoms with Gasteiger partial charge in [-0.05, 0) is 6.92 Å². The zero-order valence-electron chi connectivity index (χ0n) is 22.4. The first-order chi connectivity index (χ1) is 19.4. The summed E-state index contributed by atoms with van der Waals surface area (Å²) in [6.07, 6.45) is 2.73. The molecule has 5 aromatic rings. The standard InChI is InChI=1S/C35H32BrF2OP/c1-2-39-33-25-24-32(34(37)35(33)38)28-22-20-27(21-23-28)13-12-26-40(36,29-14-6-3-7-15-29,30-16-8-4-9-17-30)31-18-10-5-11-19-31/h3-11,14-25H,2,12-13,26H2,1H3. The molecule has 0 aliphatic heterocycles. The van der Waals surface area contributed by atoms with Gasteiger partial charge in [-0.3, -0.25) is 0 Å². The Morgan fingerprint density at radius 3 is 1.60 bits per heavy atom. The third kappa shape index (κ3) is 5.23. The summed E-state index contributed by atoms with van der Waals surface area (Å²) in [7, 11) is 0. The van der Waals surface area contributed by atoms with E-state index in [1.54, 1.807) is 13.0 Å². The number of rotatable bonds is 10. The van der Waals surface area contributed by atoms with Crippen molar-refractivity contribution in [3.05, 3.63) is 145 Å².